The van der Waals surface area contributed by atoms with E-state index in [1.807, 2.05) is 48.5 Å². The van der Waals surface area contributed by atoms with Crippen molar-refractivity contribution in [3.8, 4) is 11.1 Å². The lowest BCUT2D eigenvalue weighted by molar-refractivity contribution is -0.121. The number of nitrogens with zero attached hydrogens (tertiary/aromatic N) is 6. The van der Waals surface area contributed by atoms with Crippen LogP contribution in [0.4, 0.5) is 5.82 Å². The lowest BCUT2D eigenvalue weighted by Crippen LogP contribution is -2.38. The standard InChI is InChI=1S/C31H37N7O/c1-36-29(22-37-13-5-2-6-14-37)28(20-34-36)24-8-9-25-19-33-30(18-26(25)17-24)35-31(39)23-10-15-38(16-11-23)21-27-7-3-4-12-32-27/h3-4,7-9,12,17-20,23H,2,5-6,10-11,13-16,21-22H2,1H3,(H,33,35,39). The zero-order valence-electron chi connectivity index (χ0n) is 22.7. The number of amides is 1. The first-order chi connectivity index (χ1) is 19.1. The summed E-state index contributed by atoms with van der Waals surface area (Å²) >= 11 is 0. The van der Waals surface area contributed by atoms with Gasteiger partial charge < -0.3 is 5.32 Å². The highest BCUT2D eigenvalue weighted by Crippen LogP contribution is 2.29. The Morgan fingerprint density at radius 3 is 2.51 bits per heavy atom. The third-order valence-corrected chi connectivity index (χ3v) is 8.24. The van der Waals surface area contributed by atoms with Gasteiger partial charge in [0.25, 0.3) is 0 Å². The predicted octanol–water partition coefficient (Wildman–Crippen LogP) is 4.87. The number of carbonyl (C=O) groups is 1. The molecule has 4 aromatic rings. The number of benzene rings is 1. The van der Waals surface area contributed by atoms with Crippen molar-refractivity contribution in [3.63, 3.8) is 0 Å². The van der Waals surface area contributed by atoms with Gasteiger partial charge in [-0.05, 0) is 87.1 Å². The average molecular weight is 524 g/mol. The second-order valence-electron chi connectivity index (χ2n) is 11.0. The van der Waals surface area contributed by atoms with Crippen LogP contribution in [-0.2, 0) is 24.9 Å². The van der Waals surface area contributed by atoms with Crippen molar-refractivity contribution in [1.82, 2.24) is 29.5 Å². The van der Waals surface area contributed by atoms with Gasteiger partial charge in [-0.3, -0.25) is 24.3 Å². The normalized spacial score (nSPS) is 17.5. The quantitative estimate of drug-likeness (QED) is 0.373. The Bertz CT molecular complexity index is 1420. The molecule has 8 heteroatoms. The first-order valence-electron chi connectivity index (χ1n) is 14.2. The van der Waals surface area contributed by atoms with Gasteiger partial charge in [-0.15, -0.1) is 0 Å². The number of likely N-dealkylation sites (tertiary alicyclic amines) is 2. The molecule has 1 N–H and O–H groups in total. The Balaban J connectivity index is 1.12. The third-order valence-electron chi connectivity index (χ3n) is 8.24. The highest BCUT2D eigenvalue weighted by Gasteiger charge is 2.25. The zero-order chi connectivity index (χ0) is 26.6. The predicted molar refractivity (Wildman–Crippen MR) is 154 cm³/mol. The minimum Gasteiger partial charge on any atom is -0.310 e. The topological polar surface area (TPSA) is 79.2 Å². The van der Waals surface area contributed by atoms with Gasteiger partial charge in [0.1, 0.15) is 5.82 Å². The lowest BCUT2D eigenvalue weighted by Gasteiger charge is -2.30. The van der Waals surface area contributed by atoms with Gasteiger partial charge in [0, 0.05) is 49.4 Å². The summed E-state index contributed by atoms with van der Waals surface area (Å²) in [5, 5.41) is 9.80. The number of hydrogen-bond donors (Lipinski definition) is 1. The Morgan fingerprint density at radius 2 is 1.72 bits per heavy atom. The first kappa shape index (κ1) is 25.6. The second kappa shape index (κ2) is 11.6. The molecule has 2 fully saturated rings. The molecular weight excluding hydrogens is 486 g/mol. The van der Waals surface area contributed by atoms with E-state index in [9.17, 15) is 4.79 Å². The number of aryl methyl sites for hydroxylation is 1. The van der Waals surface area contributed by atoms with Gasteiger partial charge in [0.2, 0.25) is 5.91 Å². The molecule has 0 spiro atoms. The summed E-state index contributed by atoms with van der Waals surface area (Å²) in [5.74, 6) is 0.674. The molecule has 2 aliphatic heterocycles. The number of piperidine rings is 2. The fourth-order valence-electron chi connectivity index (χ4n) is 5.90. The molecule has 0 saturated carbocycles. The van der Waals surface area contributed by atoms with Gasteiger partial charge in [-0.2, -0.15) is 5.10 Å². The number of hydrogen-bond acceptors (Lipinski definition) is 6. The maximum absolute atomic E-state index is 13.1. The highest BCUT2D eigenvalue weighted by molar-refractivity contribution is 5.95. The van der Waals surface area contributed by atoms with E-state index in [0.29, 0.717) is 5.82 Å². The van der Waals surface area contributed by atoms with E-state index in [-0.39, 0.29) is 11.8 Å². The molecule has 0 radical (unpaired) electrons. The van der Waals surface area contributed by atoms with E-state index in [4.69, 9.17) is 0 Å². The van der Waals surface area contributed by atoms with Crippen LogP contribution in [0.1, 0.15) is 43.5 Å². The maximum atomic E-state index is 13.1. The van der Waals surface area contributed by atoms with Crippen molar-refractivity contribution >= 4 is 22.5 Å². The SMILES string of the molecule is Cn1ncc(-c2ccc3cnc(NC(=O)C4CCN(Cc5ccccn5)CC4)cc3c2)c1CN1CCCCC1. The molecule has 0 atom stereocenters. The molecule has 2 saturated heterocycles. The maximum Gasteiger partial charge on any atom is 0.228 e. The van der Waals surface area contributed by atoms with Gasteiger partial charge >= 0.3 is 0 Å². The van der Waals surface area contributed by atoms with Gasteiger partial charge in [0.15, 0.2) is 0 Å². The summed E-state index contributed by atoms with van der Waals surface area (Å²) < 4.78 is 2.01. The Hall–Kier alpha value is -3.62. The molecule has 2 aliphatic rings. The van der Waals surface area contributed by atoms with E-state index in [2.05, 4.69) is 54.4 Å². The molecular formula is C31H37N7O. The van der Waals surface area contributed by atoms with E-state index >= 15 is 0 Å². The Morgan fingerprint density at radius 1 is 0.897 bits per heavy atom. The van der Waals surface area contributed by atoms with Crippen LogP contribution in [0.5, 0.6) is 0 Å². The van der Waals surface area contributed by atoms with Crippen LogP contribution >= 0.6 is 0 Å². The lowest BCUT2D eigenvalue weighted by atomic mass is 9.95. The van der Waals surface area contributed by atoms with Crippen LogP contribution in [0.15, 0.2) is 61.1 Å². The first-order valence-corrected chi connectivity index (χ1v) is 14.2. The van der Waals surface area contributed by atoms with Gasteiger partial charge in [0.05, 0.1) is 17.6 Å². The van der Waals surface area contributed by atoms with Gasteiger partial charge in [-0.25, -0.2) is 4.98 Å². The third kappa shape index (κ3) is 6.02. The fourth-order valence-corrected chi connectivity index (χ4v) is 5.90. The molecule has 0 bridgehead atoms. The summed E-state index contributed by atoms with van der Waals surface area (Å²) in [6.07, 6.45) is 11.2. The molecule has 39 heavy (non-hydrogen) atoms. The fraction of sp³-hybridized carbons (Fsp3) is 0.419. The largest absolute Gasteiger partial charge is 0.310 e. The Labute approximate surface area is 230 Å². The zero-order valence-corrected chi connectivity index (χ0v) is 22.7. The van der Waals surface area contributed by atoms with Crippen molar-refractivity contribution in [2.24, 2.45) is 13.0 Å². The smallest absolute Gasteiger partial charge is 0.228 e. The van der Waals surface area contributed by atoms with Crippen LogP contribution in [0.3, 0.4) is 0 Å². The van der Waals surface area contributed by atoms with E-state index in [1.54, 1.807) is 0 Å². The van der Waals surface area contributed by atoms with Crippen molar-refractivity contribution in [3.05, 3.63) is 72.4 Å². The van der Waals surface area contributed by atoms with Crippen LogP contribution < -0.4 is 5.32 Å². The summed E-state index contributed by atoms with van der Waals surface area (Å²) in [7, 11) is 2.03. The van der Waals surface area contributed by atoms with E-state index < -0.39 is 0 Å². The number of fused-ring (bicyclic) bond motifs is 1. The molecule has 3 aromatic heterocycles. The van der Waals surface area contributed by atoms with Crippen molar-refractivity contribution in [1.29, 1.82) is 0 Å². The summed E-state index contributed by atoms with van der Waals surface area (Å²) in [4.78, 5) is 27.0. The van der Waals surface area contributed by atoms with Crippen molar-refractivity contribution < 1.29 is 4.79 Å². The number of aromatic nitrogens is 4. The number of carbonyl (C=O) groups excluding carboxylic acids is 1. The number of nitrogens with one attached hydrogen (secondary N) is 1. The van der Waals surface area contributed by atoms with Gasteiger partial charge in [-0.1, -0.05) is 24.6 Å². The molecule has 0 aliphatic carbocycles. The van der Waals surface area contributed by atoms with Crippen LogP contribution in [0.25, 0.3) is 21.9 Å². The molecule has 202 valence electrons. The molecule has 0 unspecified atom stereocenters. The highest BCUT2D eigenvalue weighted by atomic mass is 16.1. The van der Waals surface area contributed by atoms with Crippen LogP contribution in [0.2, 0.25) is 0 Å². The summed E-state index contributed by atoms with van der Waals surface area (Å²) in [6.45, 7) is 5.85. The number of rotatable bonds is 7. The molecule has 8 nitrogen and oxygen atoms in total. The minimum absolute atomic E-state index is 0.00144. The Kier molecular flexibility index (Phi) is 7.65. The molecule has 6 rings (SSSR count). The molecule has 1 amide bonds. The molecule has 5 heterocycles. The van der Waals surface area contributed by atoms with Crippen LogP contribution in [0, 0.1) is 5.92 Å². The monoisotopic (exact) mass is 523 g/mol. The minimum atomic E-state index is 0.00144. The average Bonchev–Trinajstić information content (AvgIpc) is 3.33. The molecule has 1 aromatic carbocycles. The summed E-state index contributed by atoms with van der Waals surface area (Å²) in [6, 6.07) is 14.5. The van der Waals surface area contributed by atoms with Crippen LogP contribution in [-0.4, -0.2) is 61.6 Å². The number of anilines is 1. The summed E-state index contributed by atoms with van der Waals surface area (Å²) in [5.41, 5.74) is 4.63. The number of pyridine rings is 2. The second-order valence-corrected chi connectivity index (χ2v) is 11.0. The van der Waals surface area contributed by atoms with Crippen molar-refractivity contribution in [2.45, 2.75) is 45.2 Å². The van der Waals surface area contributed by atoms with Crippen molar-refractivity contribution in [2.75, 3.05) is 31.5 Å². The van der Waals surface area contributed by atoms with E-state index in [0.717, 1.165) is 74.1 Å². The van der Waals surface area contributed by atoms with E-state index in [1.165, 1.54) is 30.5 Å².